The number of pyridine rings is 2. The fourth-order valence-corrected chi connectivity index (χ4v) is 3.54. The molecule has 0 N–H and O–H groups in total. The molecule has 0 saturated carbocycles. The van der Waals surface area contributed by atoms with E-state index in [-0.39, 0.29) is 12.1 Å². The van der Waals surface area contributed by atoms with E-state index >= 15 is 0 Å². The zero-order valence-electron chi connectivity index (χ0n) is 15.8. The van der Waals surface area contributed by atoms with E-state index in [4.69, 9.17) is 18.9 Å². The van der Waals surface area contributed by atoms with Gasteiger partial charge in [-0.25, -0.2) is 4.98 Å². The Morgan fingerprint density at radius 2 is 1.93 bits per heavy atom. The Labute approximate surface area is 159 Å². The summed E-state index contributed by atoms with van der Waals surface area (Å²) in [4.78, 5) is 11.2. The van der Waals surface area contributed by atoms with E-state index in [1.165, 1.54) is 0 Å². The average Bonchev–Trinajstić information content (AvgIpc) is 2.74. The molecule has 7 heteroatoms. The Morgan fingerprint density at radius 1 is 1.11 bits per heavy atom. The molecule has 2 aliphatic rings. The van der Waals surface area contributed by atoms with Gasteiger partial charge in [-0.05, 0) is 31.9 Å². The highest BCUT2D eigenvalue weighted by molar-refractivity contribution is 5.37. The van der Waals surface area contributed by atoms with Crippen molar-refractivity contribution in [3.8, 4) is 23.1 Å². The van der Waals surface area contributed by atoms with Crippen LogP contribution in [0.1, 0.15) is 31.5 Å². The van der Waals surface area contributed by atoms with E-state index in [9.17, 15) is 0 Å². The van der Waals surface area contributed by atoms with E-state index < -0.39 is 0 Å². The first kappa shape index (κ1) is 17.9. The first-order valence-electron chi connectivity index (χ1n) is 9.40. The Hall–Kier alpha value is -2.54. The van der Waals surface area contributed by atoms with Gasteiger partial charge in [0.2, 0.25) is 0 Å². The van der Waals surface area contributed by atoms with Crippen molar-refractivity contribution in [1.29, 1.82) is 0 Å². The predicted molar refractivity (Wildman–Crippen MR) is 99.7 cm³/mol. The Bertz CT molecular complexity index is 778. The molecule has 0 radical (unpaired) electrons. The summed E-state index contributed by atoms with van der Waals surface area (Å²) >= 11 is 0. The van der Waals surface area contributed by atoms with Crippen molar-refractivity contribution in [3.63, 3.8) is 0 Å². The monoisotopic (exact) mass is 371 g/mol. The number of piperidine rings is 1. The molecule has 1 unspecified atom stereocenters. The molecule has 7 nitrogen and oxygen atoms in total. The van der Waals surface area contributed by atoms with Crippen LogP contribution in [0.15, 0.2) is 30.6 Å². The van der Waals surface area contributed by atoms with Crippen LogP contribution in [0.5, 0.6) is 23.1 Å². The summed E-state index contributed by atoms with van der Waals surface area (Å²) in [5.74, 6) is 2.77. The molecule has 0 aliphatic carbocycles. The maximum Gasteiger partial charge on any atom is 0.257 e. The van der Waals surface area contributed by atoms with Crippen LogP contribution in [-0.4, -0.2) is 54.4 Å². The average molecular weight is 371 g/mol. The molecule has 144 valence electrons. The standard InChI is InChI=1S/C20H25N3O4/c1-14(16-3-4-18-20(22-16)26-12-11-25-18)23-9-6-15(7-10-23)27-17-5-8-21-13-19(17)24-2/h3-5,8,13-15H,6-7,9-12H2,1-2H3. The third-order valence-corrected chi connectivity index (χ3v) is 5.14. The fourth-order valence-electron chi connectivity index (χ4n) is 3.54. The van der Waals surface area contributed by atoms with Crippen molar-refractivity contribution >= 4 is 0 Å². The van der Waals surface area contributed by atoms with Crippen LogP contribution in [-0.2, 0) is 0 Å². The van der Waals surface area contributed by atoms with E-state index in [1.807, 2.05) is 18.2 Å². The van der Waals surface area contributed by atoms with Gasteiger partial charge in [-0.3, -0.25) is 9.88 Å². The van der Waals surface area contributed by atoms with E-state index in [0.717, 1.165) is 43.1 Å². The van der Waals surface area contributed by atoms with Gasteiger partial charge in [0.25, 0.3) is 5.88 Å². The molecular weight excluding hydrogens is 346 g/mol. The van der Waals surface area contributed by atoms with E-state index in [2.05, 4.69) is 21.8 Å². The zero-order valence-corrected chi connectivity index (χ0v) is 15.8. The van der Waals surface area contributed by atoms with E-state index in [1.54, 1.807) is 19.5 Å². The number of hydrogen-bond donors (Lipinski definition) is 0. The molecule has 27 heavy (non-hydrogen) atoms. The van der Waals surface area contributed by atoms with Crippen molar-refractivity contribution in [2.24, 2.45) is 0 Å². The topological polar surface area (TPSA) is 65.9 Å². The maximum absolute atomic E-state index is 6.14. The number of nitrogens with zero attached hydrogens (tertiary/aromatic N) is 3. The van der Waals surface area contributed by atoms with Gasteiger partial charge in [0.1, 0.15) is 19.3 Å². The number of likely N-dealkylation sites (tertiary alicyclic amines) is 1. The lowest BCUT2D eigenvalue weighted by molar-refractivity contribution is 0.0762. The molecule has 1 saturated heterocycles. The minimum absolute atomic E-state index is 0.179. The van der Waals surface area contributed by atoms with Gasteiger partial charge in [-0.2, -0.15) is 0 Å². The van der Waals surface area contributed by atoms with Gasteiger partial charge >= 0.3 is 0 Å². The second kappa shape index (κ2) is 8.00. The smallest absolute Gasteiger partial charge is 0.257 e. The number of fused-ring (bicyclic) bond motifs is 1. The lowest BCUT2D eigenvalue weighted by Gasteiger charge is -2.36. The first-order chi connectivity index (χ1) is 13.2. The highest BCUT2D eigenvalue weighted by Crippen LogP contribution is 2.33. The fraction of sp³-hybridized carbons (Fsp3) is 0.500. The van der Waals surface area contributed by atoms with Crippen molar-refractivity contribution < 1.29 is 18.9 Å². The zero-order chi connectivity index (χ0) is 18.6. The molecule has 0 amide bonds. The highest BCUT2D eigenvalue weighted by atomic mass is 16.6. The van der Waals surface area contributed by atoms with Crippen LogP contribution in [0, 0.1) is 0 Å². The molecule has 0 spiro atoms. The van der Waals surface area contributed by atoms with Gasteiger partial charge in [-0.1, -0.05) is 0 Å². The Morgan fingerprint density at radius 3 is 2.74 bits per heavy atom. The molecule has 1 atom stereocenters. The third kappa shape index (κ3) is 3.93. The lowest BCUT2D eigenvalue weighted by Crippen LogP contribution is -2.39. The van der Waals surface area contributed by atoms with Crippen molar-refractivity contribution in [3.05, 3.63) is 36.3 Å². The quantitative estimate of drug-likeness (QED) is 0.801. The van der Waals surface area contributed by atoms with Crippen molar-refractivity contribution in [1.82, 2.24) is 14.9 Å². The molecule has 4 rings (SSSR count). The van der Waals surface area contributed by atoms with Crippen LogP contribution < -0.4 is 18.9 Å². The molecule has 2 aliphatic heterocycles. The number of rotatable bonds is 5. The van der Waals surface area contributed by atoms with Crippen LogP contribution in [0.4, 0.5) is 0 Å². The summed E-state index contributed by atoms with van der Waals surface area (Å²) < 4.78 is 22.6. The van der Waals surface area contributed by atoms with Gasteiger partial charge in [0.15, 0.2) is 17.2 Å². The molecule has 0 aromatic carbocycles. The summed E-state index contributed by atoms with van der Waals surface area (Å²) in [6.45, 7) is 5.23. The van der Waals surface area contributed by atoms with Crippen molar-refractivity contribution in [2.45, 2.75) is 31.9 Å². The molecule has 0 bridgehead atoms. The van der Waals surface area contributed by atoms with Crippen LogP contribution in [0.3, 0.4) is 0 Å². The molecule has 1 fully saturated rings. The van der Waals surface area contributed by atoms with Gasteiger partial charge < -0.3 is 18.9 Å². The molecule has 4 heterocycles. The summed E-state index contributed by atoms with van der Waals surface area (Å²) in [7, 11) is 1.63. The second-order valence-corrected chi connectivity index (χ2v) is 6.79. The number of ether oxygens (including phenoxy) is 4. The summed E-state index contributed by atoms with van der Waals surface area (Å²) in [5.41, 5.74) is 1.01. The number of methoxy groups -OCH3 is 1. The van der Waals surface area contributed by atoms with Crippen LogP contribution in [0.25, 0.3) is 0 Å². The van der Waals surface area contributed by atoms with Gasteiger partial charge in [0.05, 0.1) is 19.0 Å². The van der Waals surface area contributed by atoms with Crippen LogP contribution in [0.2, 0.25) is 0 Å². The van der Waals surface area contributed by atoms with Gasteiger partial charge in [-0.15, -0.1) is 0 Å². The normalized spacial score (nSPS) is 18.7. The molecule has 2 aromatic rings. The minimum Gasteiger partial charge on any atom is -0.491 e. The summed E-state index contributed by atoms with van der Waals surface area (Å²) in [6, 6.07) is 6.06. The third-order valence-electron chi connectivity index (χ3n) is 5.14. The number of hydrogen-bond acceptors (Lipinski definition) is 7. The van der Waals surface area contributed by atoms with E-state index in [0.29, 0.717) is 24.8 Å². The summed E-state index contributed by atoms with van der Waals surface area (Å²) in [5, 5.41) is 0. The van der Waals surface area contributed by atoms with Gasteiger partial charge in [0, 0.05) is 31.4 Å². The predicted octanol–water partition coefficient (Wildman–Crippen LogP) is 2.86. The first-order valence-corrected chi connectivity index (χ1v) is 9.40. The van der Waals surface area contributed by atoms with Crippen LogP contribution >= 0.6 is 0 Å². The molecule has 2 aromatic heterocycles. The Kier molecular flexibility index (Phi) is 5.29. The Balaban J connectivity index is 1.36. The molecular formula is C20H25N3O4. The SMILES string of the molecule is COc1cnccc1OC1CCN(C(C)c2ccc3c(n2)OCCO3)CC1. The number of aromatic nitrogens is 2. The largest absolute Gasteiger partial charge is 0.491 e. The minimum atomic E-state index is 0.179. The second-order valence-electron chi connectivity index (χ2n) is 6.79. The highest BCUT2D eigenvalue weighted by Gasteiger charge is 2.27. The summed E-state index contributed by atoms with van der Waals surface area (Å²) in [6.07, 6.45) is 5.50. The maximum atomic E-state index is 6.14. The van der Waals surface area contributed by atoms with Crippen molar-refractivity contribution in [2.75, 3.05) is 33.4 Å². The lowest BCUT2D eigenvalue weighted by atomic mass is 10.0.